The molecule has 6 heteroatoms. The van der Waals surface area contributed by atoms with Crippen LogP contribution in [0.2, 0.25) is 0 Å². The topological polar surface area (TPSA) is 78.4 Å². The van der Waals surface area contributed by atoms with Crippen molar-refractivity contribution < 1.29 is 14.7 Å². The molecule has 0 spiro atoms. The van der Waals surface area contributed by atoms with Crippen LogP contribution in [0.15, 0.2) is 18.2 Å². The van der Waals surface area contributed by atoms with Crippen LogP contribution in [-0.4, -0.2) is 23.7 Å². The van der Waals surface area contributed by atoms with Gasteiger partial charge >= 0.3 is 12.0 Å². The van der Waals surface area contributed by atoms with Crippen LogP contribution in [0.5, 0.6) is 0 Å². The third-order valence-electron chi connectivity index (χ3n) is 2.17. The fourth-order valence-corrected chi connectivity index (χ4v) is 1.75. The van der Waals surface area contributed by atoms with E-state index in [1.54, 1.807) is 13.0 Å². The van der Waals surface area contributed by atoms with Gasteiger partial charge in [-0.15, -0.1) is 11.8 Å². The number of carboxylic acids is 1. The van der Waals surface area contributed by atoms with Crippen LogP contribution >= 0.6 is 22.6 Å². The van der Waals surface area contributed by atoms with Crippen LogP contribution in [0, 0.1) is 15.4 Å². The van der Waals surface area contributed by atoms with Crippen LogP contribution in [0.1, 0.15) is 23.7 Å². The third kappa shape index (κ3) is 5.18. The molecule has 0 atom stereocenters. The number of nitrogens with one attached hydrogen (secondary N) is 2. The predicted molar refractivity (Wildman–Crippen MR) is 81.2 cm³/mol. The van der Waals surface area contributed by atoms with E-state index in [1.165, 1.54) is 12.1 Å². The van der Waals surface area contributed by atoms with Crippen molar-refractivity contribution in [3.8, 4) is 11.8 Å². The fraction of sp³-hybridized carbons (Fsp3) is 0.231. The number of carbonyl (C=O) groups excluding carboxylic acids is 1. The average Bonchev–Trinajstić information content (AvgIpc) is 2.37. The first-order chi connectivity index (χ1) is 9.04. The van der Waals surface area contributed by atoms with Crippen molar-refractivity contribution in [1.29, 1.82) is 0 Å². The zero-order chi connectivity index (χ0) is 14.3. The standard InChI is InChI=1S/C13H13IN2O3/c1-2-3-4-7-15-13(19)16-11-8-9(12(17)18)5-6-10(11)14/h5-6,8H,4,7H2,1H3,(H,17,18)(H2,15,16,19). The van der Waals surface area contributed by atoms with Gasteiger partial charge in [0.25, 0.3) is 0 Å². The van der Waals surface area contributed by atoms with E-state index in [0.717, 1.165) is 3.57 Å². The molecule has 2 amide bonds. The Kier molecular flexibility index (Phi) is 6.15. The van der Waals surface area contributed by atoms with Gasteiger partial charge in [0.05, 0.1) is 11.3 Å². The molecule has 0 heterocycles. The van der Waals surface area contributed by atoms with Crippen molar-refractivity contribution in [3.63, 3.8) is 0 Å². The van der Waals surface area contributed by atoms with Gasteiger partial charge in [-0.2, -0.15) is 0 Å². The molecule has 1 aromatic carbocycles. The van der Waals surface area contributed by atoms with Crippen molar-refractivity contribution in [2.45, 2.75) is 13.3 Å². The highest BCUT2D eigenvalue weighted by Gasteiger charge is 2.09. The summed E-state index contributed by atoms with van der Waals surface area (Å²) in [5.41, 5.74) is 0.604. The Morgan fingerprint density at radius 1 is 1.42 bits per heavy atom. The van der Waals surface area contributed by atoms with E-state index in [4.69, 9.17) is 5.11 Å². The number of amides is 2. The van der Waals surface area contributed by atoms with Crippen molar-refractivity contribution in [2.75, 3.05) is 11.9 Å². The Morgan fingerprint density at radius 2 is 2.16 bits per heavy atom. The summed E-state index contributed by atoms with van der Waals surface area (Å²) in [4.78, 5) is 22.4. The Balaban J connectivity index is 2.64. The van der Waals surface area contributed by atoms with Crippen molar-refractivity contribution in [1.82, 2.24) is 5.32 Å². The SMILES string of the molecule is CC#CCCNC(=O)Nc1cc(C(=O)O)ccc1I. The second kappa shape index (κ2) is 7.63. The first-order valence-corrected chi connectivity index (χ1v) is 6.59. The Bertz CT molecular complexity index is 547. The number of hydrogen-bond acceptors (Lipinski definition) is 2. The number of hydrogen-bond donors (Lipinski definition) is 3. The molecule has 0 radical (unpaired) electrons. The number of anilines is 1. The molecule has 100 valence electrons. The third-order valence-corrected chi connectivity index (χ3v) is 3.11. The van der Waals surface area contributed by atoms with Gasteiger partial charge in [-0.25, -0.2) is 9.59 Å². The molecule has 0 saturated heterocycles. The number of carboxylic acid groups (broad SMARTS) is 1. The first kappa shape index (κ1) is 15.3. The van der Waals surface area contributed by atoms with Gasteiger partial charge < -0.3 is 15.7 Å². The maximum absolute atomic E-state index is 11.6. The van der Waals surface area contributed by atoms with E-state index in [1.807, 2.05) is 22.6 Å². The van der Waals surface area contributed by atoms with Gasteiger partial charge in [-0.1, -0.05) is 0 Å². The van der Waals surface area contributed by atoms with Gasteiger partial charge in [0.2, 0.25) is 0 Å². The minimum absolute atomic E-state index is 0.132. The summed E-state index contributed by atoms with van der Waals surface area (Å²) in [6.45, 7) is 2.18. The minimum Gasteiger partial charge on any atom is -0.478 e. The van der Waals surface area contributed by atoms with Gasteiger partial charge in [0, 0.05) is 16.5 Å². The zero-order valence-electron chi connectivity index (χ0n) is 10.3. The van der Waals surface area contributed by atoms with Crippen LogP contribution in [0.3, 0.4) is 0 Å². The molecule has 0 unspecified atom stereocenters. The van der Waals surface area contributed by atoms with Gasteiger partial charge in [-0.05, 0) is 47.7 Å². The molecule has 0 aliphatic heterocycles. The first-order valence-electron chi connectivity index (χ1n) is 5.52. The molecule has 0 aliphatic rings. The summed E-state index contributed by atoms with van der Waals surface area (Å²) in [6, 6.07) is 4.18. The quantitative estimate of drug-likeness (QED) is 0.432. The van der Waals surface area contributed by atoms with Gasteiger partial charge in [0.15, 0.2) is 0 Å². The van der Waals surface area contributed by atoms with Gasteiger partial charge in [0.1, 0.15) is 0 Å². The number of aromatic carboxylic acids is 1. The minimum atomic E-state index is -1.03. The second-order valence-electron chi connectivity index (χ2n) is 3.56. The second-order valence-corrected chi connectivity index (χ2v) is 4.72. The van der Waals surface area contributed by atoms with E-state index in [0.29, 0.717) is 18.7 Å². The molecule has 0 saturated carbocycles. The molecule has 0 fully saturated rings. The molecule has 5 nitrogen and oxygen atoms in total. The summed E-state index contributed by atoms with van der Waals surface area (Å²) in [5.74, 6) is 4.53. The van der Waals surface area contributed by atoms with Crippen LogP contribution in [0.4, 0.5) is 10.5 Å². The summed E-state index contributed by atoms with van der Waals surface area (Å²) >= 11 is 2.03. The Morgan fingerprint density at radius 3 is 2.79 bits per heavy atom. The maximum Gasteiger partial charge on any atom is 0.335 e. The molecule has 0 aromatic heterocycles. The number of urea groups is 1. The summed E-state index contributed by atoms with van der Waals surface area (Å²) in [6.07, 6.45) is 0.580. The van der Waals surface area contributed by atoms with Gasteiger partial charge in [-0.3, -0.25) is 0 Å². The number of halogens is 1. The molecular weight excluding hydrogens is 359 g/mol. The number of rotatable bonds is 4. The Labute approximate surface area is 124 Å². The van der Waals surface area contributed by atoms with E-state index < -0.39 is 5.97 Å². The summed E-state index contributed by atoms with van der Waals surface area (Å²) in [7, 11) is 0. The van der Waals surface area contributed by atoms with E-state index >= 15 is 0 Å². The highest BCUT2D eigenvalue weighted by molar-refractivity contribution is 14.1. The predicted octanol–water partition coefficient (Wildman–Crippen LogP) is 2.52. The zero-order valence-corrected chi connectivity index (χ0v) is 12.4. The highest BCUT2D eigenvalue weighted by Crippen LogP contribution is 2.19. The lowest BCUT2D eigenvalue weighted by atomic mass is 10.2. The van der Waals surface area contributed by atoms with E-state index in [2.05, 4.69) is 22.5 Å². The summed E-state index contributed by atoms with van der Waals surface area (Å²) in [5, 5.41) is 14.1. The molecule has 19 heavy (non-hydrogen) atoms. The van der Waals surface area contributed by atoms with Crippen LogP contribution in [-0.2, 0) is 0 Å². The lowest BCUT2D eigenvalue weighted by molar-refractivity contribution is 0.0697. The summed E-state index contributed by atoms with van der Waals surface area (Å²) < 4.78 is 0.770. The Hall–Kier alpha value is -1.75. The maximum atomic E-state index is 11.6. The fourth-order valence-electron chi connectivity index (χ4n) is 1.28. The van der Waals surface area contributed by atoms with Crippen LogP contribution < -0.4 is 10.6 Å². The normalized spacial score (nSPS) is 9.16. The molecule has 0 aliphatic carbocycles. The van der Waals surface area contributed by atoms with Crippen molar-refractivity contribution in [2.24, 2.45) is 0 Å². The molecule has 1 rings (SSSR count). The van der Waals surface area contributed by atoms with E-state index in [9.17, 15) is 9.59 Å². The molecule has 3 N–H and O–H groups in total. The smallest absolute Gasteiger partial charge is 0.335 e. The largest absolute Gasteiger partial charge is 0.478 e. The number of carbonyl (C=O) groups is 2. The monoisotopic (exact) mass is 372 g/mol. The van der Waals surface area contributed by atoms with E-state index in [-0.39, 0.29) is 11.6 Å². The molecule has 1 aromatic rings. The average molecular weight is 372 g/mol. The highest BCUT2D eigenvalue weighted by atomic mass is 127. The molecule has 0 bridgehead atoms. The molecular formula is C13H13IN2O3. The number of benzene rings is 1. The van der Waals surface area contributed by atoms with Crippen molar-refractivity contribution in [3.05, 3.63) is 27.3 Å². The van der Waals surface area contributed by atoms with Crippen molar-refractivity contribution >= 4 is 40.3 Å². The lowest BCUT2D eigenvalue weighted by Gasteiger charge is -2.09. The lowest BCUT2D eigenvalue weighted by Crippen LogP contribution is -2.29. The van der Waals surface area contributed by atoms with Crippen LogP contribution in [0.25, 0.3) is 0 Å².